The Morgan fingerprint density at radius 1 is 1.23 bits per heavy atom. The lowest BCUT2D eigenvalue weighted by Crippen LogP contribution is -2.16. The van der Waals surface area contributed by atoms with Crippen molar-refractivity contribution in [2.45, 2.75) is 11.4 Å². The van der Waals surface area contributed by atoms with Crippen LogP contribution in [-0.4, -0.2) is 18.9 Å². The number of rotatable bonds is 6. The van der Waals surface area contributed by atoms with Gasteiger partial charge in [-0.05, 0) is 42.0 Å². The topological polar surface area (TPSA) is 119 Å². The molecule has 26 heavy (non-hydrogen) atoms. The molecule has 0 aromatic heterocycles. The van der Waals surface area contributed by atoms with E-state index in [4.69, 9.17) is 21.4 Å². The van der Waals surface area contributed by atoms with Gasteiger partial charge in [0.05, 0.1) is 4.90 Å². The van der Waals surface area contributed by atoms with Crippen molar-refractivity contribution in [3.63, 3.8) is 0 Å². The summed E-state index contributed by atoms with van der Waals surface area (Å²) in [5, 5.41) is 15.0. The van der Waals surface area contributed by atoms with Crippen LogP contribution in [0.1, 0.15) is 5.56 Å². The SMILES string of the molecule is N#C/C(=C/NCc1cccc(Cl)c1)C(=O)Nc1ccc(S(=O)(=O)O)cc1. The molecule has 2 rings (SSSR count). The first-order chi connectivity index (χ1) is 12.3. The molecule has 0 radical (unpaired) electrons. The van der Waals surface area contributed by atoms with E-state index in [1.165, 1.54) is 18.3 Å². The van der Waals surface area contributed by atoms with Gasteiger partial charge in [0, 0.05) is 23.5 Å². The Morgan fingerprint density at radius 3 is 2.50 bits per heavy atom. The number of nitrogens with zero attached hydrogens (tertiary/aromatic N) is 1. The number of halogens is 1. The molecule has 0 heterocycles. The van der Waals surface area contributed by atoms with Crippen LogP contribution in [0.4, 0.5) is 5.69 Å². The van der Waals surface area contributed by atoms with Crippen LogP contribution in [0.5, 0.6) is 0 Å². The Kier molecular flexibility index (Phi) is 6.36. The van der Waals surface area contributed by atoms with Crippen molar-refractivity contribution >= 4 is 33.3 Å². The molecular weight excluding hydrogens is 378 g/mol. The second kappa shape index (κ2) is 8.49. The van der Waals surface area contributed by atoms with Gasteiger partial charge in [0.25, 0.3) is 16.0 Å². The molecule has 2 aromatic carbocycles. The first kappa shape index (κ1) is 19.5. The minimum Gasteiger partial charge on any atom is -0.386 e. The average Bonchev–Trinajstić information content (AvgIpc) is 2.58. The minimum atomic E-state index is -4.31. The van der Waals surface area contributed by atoms with E-state index < -0.39 is 16.0 Å². The lowest BCUT2D eigenvalue weighted by Gasteiger charge is -2.06. The van der Waals surface area contributed by atoms with E-state index >= 15 is 0 Å². The summed E-state index contributed by atoms with van der Waals surface area (Å²) >= 11 is 5.88. The molecule has 0 aliphatic heterocycles. The molecule has 0 spiro atoms. The number of benzene rings is 2. The summed E-state index contributed by atoms with van der Waals surface area (Å²) in [6.45, 7) is 0.377. The summed E-state index contributed by atoms with van der Waals surface area (Å²) in [5.74, 6) is -0.661. The van der Waals surface area contributed by atoms with E-state index in [0.29, 0.717) is 11.6 Å². The van der Waals surface area contributed by atoms with Crippen LogP contribution in [0.25, 0.3) is 0 Å². The minimum absolute atomic E-state index is 0.161. The predicted octanol–water partition coefficient (Wildman–Crippen LogP) is 2.72. The summed E-state index contributed by atoms with van der Waals surface area (Å²) in [5.41, 5.74) is 0.997. The van der Waals surface area contributed by atoms with Crippen molar-refractivity contribution in [3.8, 4) is 6.07 Å². The van der Waals surface area contributed by atoms with Crippen molar-refractivity contribution in [1.29, 1.82) is 5.26 Å². The second-order valence-electron chi connectivity index (χ2n) is 5.13. The van der Waals surface area contributed by atoms with Gasteiger partial charge < -0.3 is 10.6 Å². The van der Waals surface area contributed by atoms with E-state index in [1.54, 1.807) is 24.3 Å². The van der Waals surface area contributed by atoms with Gasteiger partial charge in [-0.25, -0.2) is 0 Å². The van der Waals surface area contributed by atoms with Crippen LogP contribution in [0.15, 0.2) is 65.2 Å². The van der Waals surface area contributed by atoms with Crippen molar-refractivity contribution < 1.29 is 17.8 Å². The Morgan fingerprint density at radius 2 is 1.92 bits per heavy atom. The first-order valence-corrected chi connectivity index (χ1v) is 9.08. The molecular formula is C17H14ClN3O4S. The monoisotopic (exact) mass is 391 g/mol. The van der Waals surface area contributed by atoms with Gasteiger partial charge in [0.2, 0.25) is 0 Å². The fourth-order valence-corrected chi connectivity index (χ4v) is 2.67. The van der Waals surface area contributed by atoms with Crippen LogP contribution < -0.4 is 10.6 Å². The molecule has 9 heteroatoms. The third kappa shape index (κ3) is 5.60. The maximum absolute atomic E-state index is 12.1. The van der Waals surface area contributed by atoms with Crippen LogP contribution in [0.3, 0.4) is 0 Å². The van der Waals surface area contributed by atoms with Gasteiger partial charge in [-0.15, -0.1) is 0 Å². The van der Waals surface area contributed by atoms with Gasteiger partial charge in [0.1, 0.15) is 11.6 Å². The largest absolute Gasteiger partial charge is 0.386 e. The third-order valence-corrected chi connectivity index (χ3v) is 4.32. The standard InChI is InChI=1S/C17H14ClN3O4S/c18-14-3-1-2-12(8-14)10-20-11-13(9-19)17(22)21-15-4-6-16(7-5-15)26(23,24)25/h1-8,11,20H,10H2,(H,21,22)(H,23,24,25)/b13-11-. The molecule has 0 unspecified atom stereocenters. The van der Waals surface area contributed by atoms with Crippen molar-refractivity contribution in [2.24, 2.45) is 0 Å². The Balaban J connectivity index is 2.00. The van der Waals surface area contributed by atoms with E-state index in [9.17, 15) is 13.2 Å². The molecule has 0 fully saturated rings. The molecule has 0 aliphatic rings. The summed E-state index contributed by atoms with van der Waals surface area (Å²) in [6.07, 6.45) is 1.28. The zero-order valence-corrected chi connectivity index (χ0v) is 14.9. The highest BCUT2D eigenvalue weighted by atomic mass is 35.5. The number of hydrogen-bond donors (Lipinski definition) is 3. The zero-order valence-electron chi connectivity index (χ0n) is 13.3. The molecule has 0 saturated heterocycles. The van der Waals surface area contributed by atoms with Crippen LogP contribution in [0, 0.1) is 11.3 Å². The molecule has 0 atom stereocenters. The van der Waals surface area contributed by atoms with E-state index in [-0.39, 0.29) is 16.2 Å². The number of anilines is 1. The molecule has 7 nitrogen and oxygen atoms in total. The highest BCUT2D eigenvalue weighted by molar-refractivity contribution is 7.85. The lowest BCUT2D eigenvalue weighted by atomic mass is 10.2. The summed E-state index contributed by atoms with van der Waals surface area (Å²) in [7, 11) is -4.31. The average molecular weight is 392 g/mol. The Hall–Kier alpha value is -2.86. The molecule has 2 aromatic rings. The summed E-state index contributed by atoms with van der Waals surface area (Å²) in [6, 6.07) is 13.8. The van der Waals surface area contributed by atoms with Gasteiger partial charge in [-0.1, -0.05) is 23.7 Å². The van der Waals surface area contributed by atoms with Crippen molar-refractivity contribution in [2.75, 3.05) is 5.32 Å². The van der Waals surface area contributed by atoms with Gasteiger partial charge in [-0.2, -0.15) is 13.7 Å². The normalized spacial score (nSPS) is 11.5. The van der Waals surface area contributed by atoms with Crippen molar-refractivity contribution in [3.05, 3.63) is 70.9 Å². The molecule has 134 valence electrons. The summed E-state index contributed by atoms with van der Waals surface area (Å²) < 4.78 is 30.9. The Labute approximate surface area is 155 Å². The fraction of sp³-hybridized carbons (Fsp3) is 0.0588. The first-order valence-electron chi connectivity index (χ1n) is 7.26. The molecule has 0 bridgehead atoms. The summed E-state index contributed by atoms with van der Waals surface area (Å²) in [4.78, 5) is 11.8. The maximum Gasteiger partial charge on any atom is 0.294 e. The molecule has 1 amide bonds. The number of carbonyl (C=O) groups is 1. The van der Waals surface area contributed by atoms with Crippen LogP contribution >= 0.6 is 11.6 Å². The molecule has 3 N–H and O–H groups in total. The number of nitriles is 1. The predicted molar refractivity (Wildman–Crippen MR) is 96.9 cm³/mol. The molecule has 0 saturated carbocycles. The van der Waals surface area contributed by atoms with E-state index in [1.807, 2.05) is 6.07 Å². The highest BCUT2D eigenvalue weighted by Crippen LogP contribution is 2.14. The quantitative estimate of drug-likeness (QED) is 0.395. The maximum atomic E-state index is 12.1. The lowest BCUT2D eigenvalue weighted by molar-refractivity contribution is -0.112. The van der Waals surface area contributed by atoms with E-state index in [2.05, 4.69) is 10.6 Å². The van der Waals surface area contributed by atoms with Gasteiger partial charge >= 0.3 is 0 Å². The van der Waals surface area contributed by atoms with E-state index in [0.717, 1.165) is 17.7 Å². The number of nitrogens with one attached hydrogen (secondary N) is 2. The van der Waals surface area contributed by atoms with Gasteiger partial charge in [-0.3, -0.25) is 9.35 Å². The number of amides is 1. The van der Waals surface area contributed by atoms with Crippen molar-refractivity contribution in [1.82, 2.24) is 5.32 Å². The Bertz CT molecular complexity index is 980. The second-order valence-corrected chi connectivity index (χ2v) is 6.99. The van der Waals surface area contributed by atoms with Crippen LogP contribution in [-0.2, 0) is 21.5 Å². The zero-order chi connectivity index (χ0) is 19.2. The molecule has 0 aliphatic carbocycles. The van der Waals surface area contributed by atoms with Gasteiger partial charge in [0.15, 0.2) is 0 Å². The fourth-order valence-electron chi connectivity index (χ4n) is 1.98. The highest BCUT2D eigenvalue weighted by Gasteiger charge is 2.11. The van der Waals surface area contributed by atoms with Crippen LogP contribution in [0.2, 0.25) is 5.02 Å². The number of carbonyl (C=O) groups excluding carboxylic acids is 1. The third-order valence-electron chi connectivity index (χ3n) is 3.22. The number of hydrogen-bond acceptors (Lipinski definition) is 5. The smallest absolute Gasteiger partial charge is 0.294 e.